The minimum atomic E-state index is -0.427. The fourth-order valence-electron chi connectivity index (χ4n) is 5.41. The molecule has 3 heterocycles. The zero-order valence-electron chi connectivity index (χ0n) is 18.3. The summed E-state index contributed by atoms with van der Waals surface area (Å²) < 4.78 is 7.98. The molecule has 162 valence electrons. The van der Waals surface area contributed by atoms with Gasteiger partial charge in [0.2, 0.25) is 5.91 Å². The van der Waals surface area contributed by atoms with Gasteiger partial charge in [0.05, 0.1) is 16.4 Å². The quantitative estimate of drug-likeness (QED) is 0.635. The van der Waals surface area contributed by atoms with Gasteiger partial charge in [0.25, 0.3) is 0 Å². The Morgan fingerprint density at radius 1 is 1.03 bits per heavy atom. The van der Waals surface area contributed by atoms with Crippen LogP contribution in [-0.4, -0.2) is 46.7 Å². The van der Waals surface area contributed by atoms with E-state index in [1.54, 1.807) is 0 Å². The predicted molar refractivity (Wildman–Crippen MR) is 122 cm³/mol. The highest BCUT2D eigenvalue weighted by Gasteiger charge is 2.44. The summed E-state index contributed by atoms with van der Waals surface area (Å²) in [5, 5.41) is 0. The third kappa shape index (κ3) is 3.76. The molecule has 31 heavy (non-hydrogen) atoms. The molecule has 0 bridgehead atoms. The van der Waals surface area contributed by atoms with Crippen molar-refractivity contribution in [2.45, 2.75) is 44.6 Å². The van der Waals surface area contributed by atoms with Crippen molar-refractivity contribution >= 4 is 16.9 Å². The van der Waals surface area contributed by atoms with Gasteiger partial charge in [-0.2, -0.15) is 0 Å². The van der Waals surface area contributed by atoms with Crippen molar-refractivity contribution in [3.8, 4) is 0 Å². The van der Waals surface area contributed by atoms with Gasteiger partial charge in [0.1, 0.15) is 5.82 Å². The summed E-state index contributed by atoms with van der Waals surface area (Å²) in [7, 11) is 0. The van der Waals surface area contributed by atoms with E-state index in [2.05, 4.69) is 46.7 Å². The lowest BCUT2D eigenvalue weighted by Gasteiger charge is -2.42. The van der Waals surface area contributed by atoms with Crippen molar-refractivity contribution in [1.82, 2.24) is 14.5 Å². The van der Waals surface area contributed by atoms with Gasteiger partial charge >= 0.3 is 0 Å². The Bertz CT molecular complexity index is 1040. The monoisotopic (exact) mass is 417 g/mol. The Labute approximate surface area is 184 Å². The van der Waals surface area contributed by atoms with Crippen LogP contribution in [0, 0.1) is 12.8 Å². The second-order valence-electron chi connectivity index (χ2n) is 9.05. The van der Waals surface area contributed by atoms with Crippen molar-refractivity contribution in [1.29, 1.82) is 0 Å². The van der Waals surface area contributed by atoms with Gasteiger partial charge in [-0.05, 0) is 56.2 Å². The van der Waals surface area contributed by atoms with Crippen LogP contribution < -0.4 is 0 Å². The minimum absolute atomic E-state index is 0.296. The van der Waals surface area contributed by atoms with Gasteiger partial charge in [0, 0.05) is 32.8 Å². The van der Waals surface area contributed by atoms with E-state index < -0.39 is 5.41 Å². The van der Waals surface area contributed by atoms with Crippen LogP contribution in [0.3, 0.4) is 0 Å². The van der Waals surface area contributed by atoms with Crippen LogP contribution >= 0.6 is 0 Å². The van der Waals surface area contributed by atoms with Crippen LogP contribution in [-0.2, 0) is 21.5 Å². The summed E-state index contributed by atoms with van der Waals surface area (Å²) in [5.74, 6) is 1.94. The standard InChI is InChI=1S/C26H31N3O2/c1-20-27-23-9-5-6-10-24(23)29(20)19-21-11-15-28(16-12-21)25(30)26(13-17-31-18-14-26)22-7-3-2-4-8-22/h2-10,21H,11-19H2,1H3. The first-order valence-corrected chi connectivity index (χ1v) is 11.5. The molecule has 2 aliphatic heterocycles. The topological polar surface area (TPSA) is 47.4 Å². The number of ether oxygens (including phenoxy) is 1. The Hall–Kier alpha value is -2.66. The molecule has 0 spiro atoms. The predicted octanol–water partition coefficient (Wildman–Crippen LogP) is 4.33. The second-order valence-corrected chi connectivity index (χ2v) is 9.05. The number of piperidine rings is 1. The van der Waals surface area contributed by atoms with E-state index in [4.69, 9.17) is 9.72 Å². The van der Waals surface area contributed by atoms with Gasteiger partial charge in [0.15, 0.2) is 0 Å². The summed E-state index contributed by atoms with van der Waals surface area (Å²) in [6, 6.07) is 18.7. The Morgan fingerprint density at radius 2 is 1.71 bits per heavy atom. The summed E-state index contributed by atoms with van der Waals surface area (Å²) in [6.45, 7) is 6.06. The summed E-state index contributed by atoms with van der Waals surface area (Å²) in [6.07, 6.45) is 3.63. The largest absolute Gasteiger partial charge is 0.381 e. The molecule has 3 aromatic rings. The van der Waals surface area contributed by atoms with E-state index in [9.17, 15) is 4.79 Å². The average Bonchev–Trinajstić information content (AvgIpc) is 3.15. The van der Waals surface area contributed by atoms with Crippen molar-refractivity contribution in [2.24, 2.45) is 5.92 Å². The number of aryl methyl sites for hydroxylation is 1. The first-order valence-electron chi connectivity index (χ1n) is 11.5. The minimum Gasteiger partial charge on any atom is -0.381 e. The summed E-state index contributed by atoms with van der Waals surface area (Å²) in [5.41, 5.74) is 3.00. The van der Waals surface area contributed by atoms with E-state index in [-0.39, 0.29) is 0 Å². The zero-order valence-corrected chi connectivity index (χ0v) is 18.3. The molecule has 0 unspecified atom stereocenters. The number of nitrogens with zero attached hydrogens (tertiary/aromatic N) is 3. The molecule has 0 saturated carbocycles. The summed E-state index contributed by atoms with van der Waals surface area (Å²) in [4.78, 5) is 20.6. The number of aromatic nitrogens is 2. The zero-order chi connectivity index (χ0) is 21.3. The molecule has 5 rings (SSSR count). The Morgan fingerprint density at radius 3 is 2.45 bits per heavy atom. The number of hydrogen-bond donors (Lipinski definition) is 0. The molecule has 5 heteroatoms. The van der Waals surface area contributed by atoms with Crippen LogP contribution in [0.25, 0.3) is 11.0 Å². The smallest absolute Gasteiger partial charge is 0.233 e. The fraction of sp³-hybridized carbons (Fsp3) is 0.462. The third-order valence-electron chi connectivity index (χ3n) is 7.27. The summed E-state index contributed by atoms with van der Waals surface area (Å²) >= 11 is 0. The third-order valence-corrected chi connectivity index (χ3v) is 7.27. The van der Waals surface area contributed by atoms with Crippen molar-refractivity contribution in [3.63, 3.8) is 0 Å². The lowest BCUT2D eigenvalue weighted by molar-refractivity contribution is -0.142. The number of fused-ring (bicyclic) bond motifs is 1. The number of hydrogen-bond acceptors (Lipinski definition) is 3. The molecule has 0 radical (unpaired) electrons. The van der Waals surface area contributed by atoms with Crippen molar-refractivity contribution < 1.29 is 9.53 Å². The fourth-order valence-corrected chi connectivity index (χ4v) is 5.41. The van der Waals surface area contributed by atoms with Crippen molar-refractivity contribution in [2.75, 3.05) is 26.3 Å². The van der Waals surface area contributed by atoms with Crippen LogP contribution in [0.2, 0.25) is 0 Å². The first kappa shape index (κ1) is 20.3. The van der Waals surface area contributed by atoms with E-state index in [0.29, 0.717) is 25.0 Å². The number of imidazole rings is 1. The molecule has 2 aliphatic rings. The van der Waals surface area contributed by atoms with Gasteiger partial charge in [-0.3, -0.25) is 4.79 Å². The van der Waals surface area contributed by atoms with Crippen LogP contribution in [0.15, 0.2) is 54.6 Å². The maximum atomic E-state index is 13.8. The maximum Gasteiger partial charge on any atom is 0.233 e. The molecule has 1 amide bonds. The first-order chi connectivity index (χ1) is 15.2. The number of amides is 1. The van der Waals surface area contributed by atoms with Gasteiger partial charge in [-0.1, -0.05) is 42.5 Å². The Balaban J connectivity index is 1.29. The highest BCUT2D eigenvalue weighted by Crippen LogP contribution is 2.38. The number of rotatable bonds is 4. The van der Waals surface area contributed by atoms with Crippen LogP contribution in [0.5, 0.6) is 0 Å². The highest BCUT2D eigenvalue weighted by atomic mass is 16.5. The number of carbonyl (C=O) groups excluding carboxylic acids is 1. The van der Waals surface area contributed by atoms with Crippen LogP contribution in [0.4, 0.5) is 0 Å². The molecule has 2 aromatic carbocycles. The van der Waals surface area contributed by atoms with Crippen LogP contribution in [0.1, 0.15) is 37.1 Å². The molecule has 2 saturated heterocycles. The molecule has 2 fully saturated rings. The molecule has 1 aromatic heterocycles. The number of likely N-dealkylation sites (tertiary alicyclic amines) is 1. The number of para-hydroxylation sites is 2. The number of benzene rings is 2. The van der Waals surface area contributed by atoms with E-state index >= 15 is 0 Å². The molecule has 5 nitrogen and oxygen atoms in total. The van der Waals surface area contributed by atoms with E-state index in [1.165, 1.54) is 5.52 Å². The lowest BCUT2D eigenvalue weighted by atomic mass is 9.72. The van der Waals surface area contributed by atoms with E-state index in [0.717, 1.165) is 62.2 Å². The molecular weight excluding hydrogens is 386 g/mol. The average molecular weight is 418 g/mol. The van der Waals surface area contributed by atoms with Crippen molar-refractivity contribution in [3.05, 3.63) is 66.0 Å². The van der Waals surface area contributed by atoms with Gasteiger partial charge in [-0.15, -0.1) is 0 Å². The molecular formula is C26H31N3O2. The van der Waals surface area contributed by atoms with E-state index in [1.807, 2.05) is 24.3 Å². The van der Waals surface area contributed by atoms with Gasteiger partial charge < -0.3 is 14.2 Å². The molecule has 0 atom stereocenters. The SMILES string of the molecule is Cc1nc2ccccc2n1CC1CCN(C(=O)C2(c3ccccc3)CCOCC2)CC1. The second kappa shape index (κ2) is 8.46. The maximum absolute atomic E-state index is 13.8. The Kier molecular flexibility index (Phi) is 5.53. The normalized spacial score (nSPS) is 19.6. The molecule has 0 aliphatic carbocycles. The number of carbonyl (C=O) groups is 1. The van der Waals surface area contributed by atoms with Gasteiger partial charge in [-0.25, -0.2) is 4.98 Å². The highest BCUT2D eigenvalue weighted by molar-refractivity contribution is 5.88. The molecule has 0 N–H and O–H groups in total. The lowest BCUT2D eigenvalue weighted by Crippen LogP contribution is -2.52.